The number of sulfonamides is 1. The SMILES string of the molecule is COc1ccc(N(C)C(=O)c2ccc(C)c(S(=O)(=O)N(C)C)c2)cc1OC. The first-order chi connectivity index (χ1) is 12.6. The van der Waals surface area contributed by atoms with Crippen LogP contribution in [0.4, 0.5) is 5.69 Å². The van der Waals surface area contributed by atoms with Gasteiger partial charge in [0.1, 0.15) is 0 Å². The van der Waals surface area contributed by atoms with E-state index < -0.39 is 10.0 Å². The van der Waals surface area contributed by atoms with E-state index in [0.717, 1.165) is 4.31 Å². The van der Waals surface area contributed by atoms with E-state index in [0.29, 0.717) is 22.7 Å². The third-order valence-electron chi connectivity index (χ3n) is 4.25. The van der Waals surface area contributed by atoms with E-state index in [1.807, 2.05) is 0 Å². The molecule has 146 valence electrons. The molecule has 7 nitrogen and oxygen atoms in total. The van der Waals surface area contributed by atoms with Gasteiger partial charge >= 0.3 is 0 Å². The Balaban J connectivity index is 2.43. The standard InChI is InChI=1S/C19H24N2O5S/c1-13-7-8-14(11-18(13)27(23,24)20(2)3)19(22)21(4)15-9-10-16(25-5)17(12-15)26-6/h7-12H,1-6H3. The molecule has 0 spiro atoms. The van der Waals surface area contributed by atoms with Crippen LogP contribution in [-0.2, 0) is 10.0 Å². The maximum Gasteiger partial charge on any atom is 0.258 e. The zero-order valence-electron chi connectivity index (χ0n) is 16.3. The second kappa shape index (κ2) is 7.98. The van der Waals surface area contributed by atoms with Gasteiger partial charge in [-0.2, -0.15) is 0 Å². The number of hydrogen-bond donors (Lipinski definition) is 0. The summed E-state index contributed by atoms with van der Waals surface area (Å²) in [7, 11) is 3.93. The van der Waals surface area contributed by atoms with Crippen molar-refractivity contribution in [2.24, 2.45) is 0 Å². The normalized spacial score (nSPS) is 11.4. The van der Waals surface area contributed by atoms with Crippen molar-refractivity contribution >= 4 is 21.6 Å². The average Bonchev–Trinajstić information content (AvgIpc) is 2.66. The van der Waals surface area contributed by atoms with Crippen LogP contribution < -0.4 is 14.4 Å². The van der Waals surface area contributed by atoms with Crippen LogP contribution in [0.2, 0.25) is 0 Å². The van der Waals surface area contributed by atoms with Crippen LogP contribution in [0.15, 0.2) is 41.3 Å². The predicted octanol–water partition coefficient (Wildman–Crippen LogP) is 2.54. The summed E-state index contributed by atoms with van der Waals surface area (Å²) in [5.41, 5.74) is 1.45. The molecule has 0 radical (unpaired) electrons. The number of ether oxygens (including phenoxy) is 2. The topological polar surface area (TPSA) is 76.2 Å². The monoisotopic (exact) mass is 392 g/mol. The van der Waals surface area contributed by atoms with E-state index in [2.05, 4.69) is 0 Å². The summed E-state index contributed by atoms with van der Waals surface area (Å²) in [6, 6.07) is 9.77. The Hall–Kier alpha value is -2.58. The number of benzene rings is 2. The van der Waals surface area contributed by atoms with Gasteiger partial charge in [-0.1, -0.05) is 6.07 Å². The average molecular weight is 392 g/mol. The summed E-state index contributed by atoms with van der Waals surface area (Å²) in [4.78, 5) is 14.4. The molecule has 0 unspecified atom stereocenters. The van der Waals surface area contributed by atoms with Gasteiger partial charge in [0.05, 0.1) is 19.1 Å². The van der Waals surface area contributed by atoms with Crippen LogP contribution in [0, 0.1) is 6.92 Å². The summed E-state index contributed by atoms with van der Waals surface area (Å²) in [6.45, 7) is 1.70. The highest BCUT2D eigenvalue weighted by molar-refractivity contribution is 7.89. The molecule has 0 fully saturated rings. The van der Waals surface area contributed by atoms with E-state index in [-0.39, 0.29) is 16.4 Å². The quantitative estimate of drug-likeness (QED) is 0.755. The van der Waals surface area contributed by atoms with Gasteiger partial charge in [-0.05, 0) is 36.8 Å². The van der Waals surface area contributed by atoms with Gasteiger partial charge in [0, 0.05) is 38.5 Å². The molecule has 1 amide bonds. The van der Waals surface area contributed by atoms with Crippen molar-refractivity contribution in [1.82, 2.24) is 4.31 Å². The molecule has 0 heterocycles. The minimum Gasteiger partial charge on any atom is -0.493 e. The Morgan fingerprint density at radius 3 is 2.11 bits per heavy atom. The highest BCUT2D eigenvalue weighted by Crippen LogP contribution is 2.31. The van der Waals surface area contributed by atoms with Crippen molar-refractivity contribution in [3.05, 3.63) is 47.5 Å². The number of methoxy groups -OCH3 is 2. The number of nitrogens with zero attached hydrogens (tertiary/aromatic N) is 2. The highest BCUT2D eigenvalue weighted by atomic mass is 32.2. The van der Waals surface area contributed by atoms with E-state index in [4.69, 9.17) is 9.47 Å². The van der Waals surface area contributed by atoms with Crippen LogP contribution in [0.25, 0.3) is 0 Å². The molecule has 0 atom stereocenters. The molecule has 2 rings (SSSR count). The largest absolute Gasteiger partial charge is 0.493 e. The second-order valence-corrected chi connectivity index (χ2v) is 8.29. The number of hydrogen-bond acceptors (Lipinski definition) is 5. The number of carbonyl (C=O) groups excluding carboxylic acids is 1. The number of amides is 1. The Bertz CT molecular complexity index is 955. The fourth-order valence-corrected chi connectivity index (χ4v) is 3.70. The highest BCUT2D eigenvalue weighted by Gasteiger charge is 2.23. The van der Waals surface area contributed by atoms with Crippen LogP contribution in [0.5, 0.6) is 11.5 Å². The summed E-state index contributed by atoms with van der Waals surface area (Å²) < 4.78 is 36.6. The fraction of sp³-hybridized carbons (Fsp3) is 0.316. The van der Waals surface area contributed by atoms with Crippen molar-refractivity contribution in [2.75, 3.05) is 40.3 Å². The van der Waals surface area contributed by atoms with Gasteiger partial charge in [0.25, 0.3) is 5.91 Å². The summed E-state index contributed by atoms with van der Waals surface area (Å²) in [5, 5.41) is 0. The lowest BCUT2D eigenvalue weighted by Gasteiger charge is -2.20. The lowest BCUT2D eigenvalue weighted by molar-refractivity contribution is 0.0992. The number of rotatable bonds is 6. The third kappa shape index (κ3) is 4.06. The first-order valence-electron chi connectivity index (χ1n) is 8.16. The van der Waals surface area contributed by atoms with Crippen molar-refractivity contribution in [2.45, 2.75) is 11.8 Å². The minimum absolute atomic E-state index is 0.110. The first-order valence-corrected chi connectivity index (χ1v) is 9.60. The second-order valence-electron chi connectivity index (χ2n) is 6.17. The van der Waals surface area contributed by atoms with E-state index in [1.54, 1.807) is 44.3 Å². The molecule has 0 saturated carbocycles. The molecule has 0 bridgehead atoms. The zero-order chi connectivity index (χ0) is 20.4. The smallest absolute Gasteiger partial charge is 0.258 e. The molecule has 0 aliphatic carbocycles. The van der Waals surface area contributed by atoms with Gasteiger partial charge in [-0.15, -0.1) is 0 Å². The predicted molar refractivity (Wildman–Crippen MR) is 104 cm³/mol. The van der Waals surface area contributed by atoms with Crippen molar-refractivity contribution in [3.8, 4) is 11.5 Å². The van der Waals surface area contributed by atoms with Crippen LogP contribution in [0.1, 0.15) is 15.9 Å². The summed E-state index contributed by atoms with van der Waals surface area (Å²) >= 11 is 0. The fourth-order valence-electron chi connectivity index (χ4n) is 2.55. The summed E-state index contributed by atoms with van der Waals surface area (Å²) in [6.07, 6.45) is 0. The van der Waals surface area contributed by atoms with Gasteiger partial charge in [0.15, 0.2) is 11.5 Å². The van der Waals surface area contributed by atoms with Crippen LogP contribution in [0.3, 0.4) is 0 Å². The Labute approximate surface area is 160 Å². The molecular formula is C19H24N2O5S. The number of carbonyl (C=O) groups is 1. The van der Waals surface area contributed by atoms with E-state index in [1.165, 1.54) is 39.3 Å². The molecular weight excluding hydrogens is 368 g/mol. The molecule has 0 aliphatic rings. The van der Waals surface area contributed by atoms with Crippen molar-refractivity contribution < 1.29 is 22.7 Å². The van der Waals surface area contributed by atoms with Gasteiger partial charge in [-0.3, -0.25) is 4.79 Å². The van der Waals surface area contributed by atoms with Crippen molar-refractivity contribution in [1.29, 1.82) is 0 Å². The van der Waals surface area contributed by atoms with Crippen LogP contribution in [-0.4, -0.2) is 54.0 Å². The van der Waals surface area contributed by atoms with Crippen molar-refractivity contribution in [3.63, 3.8) is 0 Å². The Morgan fingerprint density at radius 2 is 1.56 bits per heavy atom. The maximum absolute atomic E-state index is 12.9. The molecule has 0 N–H and O–H groups in total. The first kappa shape index (κ1) is 20.7. The maximum atomic E-state index is 12.9. The lowest BCUT2D eigenvalue weighted by Crippen LogP contribution is -2.27. The Kier molecular flexibility index (Phi) is 6.12. The molecule has 27 heavy (non-hydrogen) atoms. The number of aryl methyl sites for hydroxylation is 1. The van der Waals surface area contributed by atoms with E-state index >= 15 is 0 Å². The van der Waals surface area contributed by atoms with Gasteiger partial charge < -0.3 is 14.4 Å². The third-order valence-corrected chi connectivity index (χ3v) is 6.21. The molecule has 0 aromatic heterocycles. The Morgan fingerprint density at radius 1 is 0.926 bits per heavy atom. The van der Waals surface area contributed by atoms with Crippen LogP contribution >= 0.6 is 0 Å². The molecule has 8 heteroatoms. The molecule has 0 aliphatic heterocycles. The van der Waals surface area contributed by atoms with Gasteiger partial charge in [-0.25, -0.2) is 12.7 Å². The van der Waals surface area contributed by atoms with Gasteiger partial charge in [0.2, 0.25) is 10.0 Å². The van der Waals surface area contributed by atoms with E-state index in [9.17, 15) is 13.2 Å². The molecule has 2 aromatic carbocycles. The zero-order valence-corrected chi connectivity index (χ0v) is 17.1. The molecule has 0 saturated heterocycles. The number of anilines is 1. The minimum atomic E-state index is -3.65. The molecule has 2 aromatic rings. The lowest BCUT2D eigenvalue weighted by atomic mass is 10.1. The summed E-state index contributed by atoms with van der Waals surface area (Å²) in [5.74, 6) is 0.712.